The van der Waals surface area contributed by atoms with E-state index in [2.05, 4.69) is 21.7 Å². The van der Waals surface area contributed by atoms with Crippen molar-refractivity contribution in [2.24, 2.45) is 5.92 Å². The molecule has 3 heterocycles. The van der Waals surface area contributed by atoms with Crippen molar-refractivity contribution in [3.63, 3.8) is 0 Å². The number of para-hydroxylation sites is 1. The Morgan fingerprint density at radius 3 is 2.53 bits per heavy atom. The summed E-state index contributed by atoms with van der Waals surface area (Å²) in [6.45, 7) is 3.88. The van der Waals surface area contributed by atoms with E-state index < -0.39 is 12.1 Å². The van der Waals surface area contributed by atoms with E-state index in [9.17, 15) is 14.4 Å². The first-order chi connectivity index (χ1) is 17.4. The maximum absolute atomic E-state index is 13.9. The van der Waals surface area contributed by atoms with Crippen molar-refractivity contribution in [2.45, 2.75) is 70.1 Å². The topological polar surface area (TPSA) is 94.3 Å². The Hall–Kier alpha value is -3.61. The molecule has 7 nitrogen and oxygen atoms in total. The predicted molar refractivity (Wildman–Crippen MR) is 137 cm³/mol. The molecule has 0 bridgehead atoms. The third-order valence-electron chi connectivity index (χ3n) is 8.10. The van der Waals surface area contributed by atoms with E-state index in [-0.39, 0.29) is 35.7 Å². The van der Waals surface area contributed by atoms with Gasteiger partial charge in [-0.05, 0) is 42.0 Å². The Bertz CT molecular complexity index is 1350. The molecule has 3 N–H and O–H groups in total. The van der Waals surface area contributed by atoms with Crippen LogP contribution in [0.25, 0.3) is 10.9 Å². The molecule has 7 heteroatoms. The van der Waals surface area contributed by atoms with Crippen molar-refractivity contribution in [2.75, 3.05) is 0 Å². The van der Waals surface area contributed by atoms with Gasteiger partial charge in [-0.15, -0.1) is 0 Å². The van der Waals surface area contributed by atoms with Gasteiger partial charge in [-0.2, -0.15) is 0 Å². The zero-order chi connectivity index (χ0) is 25.0. The molecule has 0 spiro atoms. The van der Waals surface area contributed by atoms with Crippen LogP contribution in [0, 0.1) is 5.92 Å². The van der Waals surface area contributed by atoms with Gasteiger partial charge in [-0.1, -0.05) is 63.1 Å². The van der Waals surface area contributed by atoms with Gasteiger partial charge in [0.15, 0.2) is 0 Å². The number of aromatic amines is 1. The first-order valence-electron chi connectivity index (χ1n) is 13.1. The number of benzene rings is 2. The molecule has 3 atom stereocenters. The van der Waals surface area contributed by atoms with Crippen LogP contribution in [-0.2, 0) is 16.0 Å². The summed E-state index contributed by atoms with van der Waals surface area (Å²) in [6, 6.07) is 14.1. The second-order valence-corrected chi connectivity index (χ2v) is 10.7. The maximum atomic E-state index is 13.9. The van der Waals surface area contributed by atoms with Crippen LogP contribution < -0.4 is 10.6 Å². The summed E-state index contributed by atoms with van der Waals surface area (Å²) in [6.07, 6.45) is 4.61. The smallest absolute Gasteiger partial charge is 0.255 e. The minimum Gasteiger partial charge on any atom is -0.356 e. The average Bonchev–Trinajstić information content (AvgIpc) is 3.59. The zero-order valence-corrected chi connectivity index (χ0v) is 20.7. The van der Waals surface area contributed by atoms with Crippen LogP contribution in [0.4, 0.5) is 0 Å². The maximum Gasteiger partial charge on any atom is 0.255 e. The highest BCUT2D eigenvalue weighted by molar-refractivity contribution is 6.04. The highest BCUT2D eigenvalue weighted by atomic mass is 16.2. The van der Waals surface area contributed by atoms with E-state index in [0.717, 1.165) is 53.4 Å². The average molecular weight is 485 g/mol. The van der Waals surface area contributed by atoms with Gasteiger partial charge >= 0.3 is 0 Å². The lowest BCUT2D eigenvalue weighted by molar-refractivity contribution is -0.133. The molecule has 1 saturated carbocycles. The van der Waals surface area contributed by atoms with Crippen LogP contribution in [0.5, 0.6) is 0 Å². The van der Waals surface area contributed by atoms with Gasteiger partial charge in [0.2, 0.25) is 11.8 Å². The Balaban J connectivity index is 1.35. The van der Waals surface area contributed by atoms with Crippen LogP contribution in [0.1, 0.15) is 72.8 Å². The molecular weight excluding hydrogens is 452 g/mol. The van der Waals surface area contributed by atoms with E-state index >= 15 is 0 Å². The van der Waals surface area contributed by atoms with Crippen LogP contribution in [0.3, 0.4) is 0 Å². The summed E-state index contributed by atoms with van der Waals surface area (Å²) in [5.41, 5.74) is 4.57. The van der Waals surface area contributed by atoms with Crippen molar-refractivity contribution in [3.05, 3.63) is 70.9 Å². The number of fused-ring (bicyclic) bond motifs is 7. The molecule has 1 unspecified atom stereocenters. The zero-order valence-electron chi connectivity index (χ0n) is 20.7. The largest absolute Gasteiger partial charge is 0.356 e. The molecule has 3 aromatic rings. The first kappa shape index (κ1) is 22.8. The number of hydrogen-bond acceptors (Lipinski definition) is 3. The molecule has 3 aliphatic rings. The molecule has 0 radical (unpaired) electrons. The lowest BCUT2D eigenvalue weighted by atomic mass is 9.89. The highest BCUT2D eigenvalue weighted by Crippen LogP contribution is 2.46. The molecule has 1 aliphatic carbocycles. The molecule has 3 amide bonds. The summed E-state index contributed by atoms with van der Waals surface area (Å²) in [7, 11) is 0. The SMILES string of the molecule is CC(C)[C@H](NC(=O)[C@@H]1Cc2c([nH]c3ccccc23)C2c3ccccc3C(=O)N21)C(=O)NC1CCCC1. The van der Waals surface area contributed by atoms with Gasteiger partial charge in [0.25, 0.3) is 5.91 Å². The lowest BCUT2D eigenvalue weighted by Crippen LogP contribution is -2.58. The van der Waals surface area contributed by atoms with E-state index in [1.54, 1.807) is 4.90 Å². The van der Waals surface area contributed by atoms with Crippen LogP contribution >= 0.6 is 0 Å². The van der Waals surface area contributed by atoms with E-state index in [4.69, 9.17) is 0 Å². The molecule has 36 heavy (non-hydrogen) atoms. The quantitative estimate of drug-likeness (QED) is 0.514. The second-order valence-electron chi connectivity index (χ2n) is 10.7. The van der Waals surface area contributed by atoms with Gasteiger partial charge in [0.1, 0.15) is 12.1 Å². The van der Waals surface area contributed by atoms with Crippen LogP contribution in [0.2, 0.25) is 0 Å². The minimum absolute atomic E-state index is 0.0788. The molecular formula is C29H32N4O3. The summed E-state index contributed by atoms with van der Waals surface area (Å²) in [5, 5.41) is 7.24. The van der Waals surface area contributed by atoms with Crippen LogP contribution in [-0.4, -0.2) is 45.7 Å². The van der Waals surface area contributed by atoms with Crippen LogP contribution in [0.15, 0.2) is 48.5 Å². The third-order valence-corrected chi connectivity index (χ3v) is 8.10. The number of rotatable bonds is 5. The predicted octanol–water partition coefficient (Wildman–Crippen LogP) is 3.84. The monoisotopic (exact) mass is 484 g/mol. The van der Waals surface area contributed by atoms with Gasteiger partial charge < -0.3 is 20.5 Å². The summed E-state index contributed by atoms with van der Waals surface area (Å²) >= 11 is 0. The first-order valence-corrected chi connectivity index (χ1v) is 13.1. The molecule has 186 valence electrons. The standard InChI is InChI=1S/C29H32N4O3/c1-16(2)24(28(35)30-17-9-3-4-10-17)32-27(34)23-15-21-18-11-7-8-14-22(18)31-25(21)26-19-12-5-6-13-20(19)29(36)33(23)26/h5-8,11-14,16-17,23-24,26,31H,3-4,9-10,15H2,1-2H3,(H,30,35)(H,32,34)/t23-,24-,26?/m0/s1. The Kier molecular flexibility index (Phi) is 5.58. The summed E-state index contributed by atoms with van der Waals surface area (Å²) in [4.78, 5) is 45.9. The number of nitrogens with one attached hydrogen (secondary N) is 3. The minimum atomic E-state index is -0.706. The molecule has 2 aromatic carbocycles. The fraction of sp³-hybridized carbons (Fsp3) is 0.414. The third kappa shape index (κ3) is 3.60. The Morgan fingerprint density at radius 2 is 1.75 bits per heavy atom. The summed E-state index contributed by atoms with van der Waals surface area (Å²) < 4.78 is 0. The van der Waals surface area contributed by atoms with E-state index in [1.165, 1.54) is 0 Å². The van der Waals surface area contributed by atoms with Crippen molar-refractivity contribution in [1.82, 2.24) is 20.5 Å². The second kappa shape index (κ2) is 8.80. The number of H-pyrrole nitrogens is 1. The number of aromatic nitrogens is 1. The number of hydrogen-bond donors (Lipinski definition) is 3. The Labute approximate surface area is 210 Å². The fourth-order valence-corrected chi connectivity index (χ4v) is 6.28. The number of nitrogens with zero attached hydrogens (tertiary/aromatic N) is 1. The molecule has 2 aliphatic heterocycles. The summed E-state index contributed by atoms with van der Waals surface area (Å²) in [5.74, 6) is -0.639. The number of amides is 3. The normalized spacial score (nSPS) is 21.9. The molecule has 1 aromatic heterocycles. The molecule has 6 rings (SSSR count). The molecule has 0 saturated heterocycles. The number of carbonyl (C=O) groups is 3. The van der Waals surface area contributed by atoms with E-state index in [0.29, 0.717) is 12.0 Å². The van der Waals surface area contributed by atoms with Crippen molar-refractivity contribution in [3.8, 4) is 0 Å². The van der Waals surface area contributed by atoms with Crippen molar-refractivity contribution in [1.29, 1.82) is 0 Å². The van der Waals surface area contributed by atoms with Crippen molar-refractivity contribution >= 4 is 28.6 Å². The van der Waals surface area contributed by atoms with Gasteiger partial charge in [0.05, 0.1) is 6.04 Å². The number of carbonyl (C=O) groups excluding carboxylic acids is 3. The lowest BCUT2D eigenvalue weighted by Gasteiger charge is -2.38. The Morgan fingerprint density at radius 1 is 1.03 bits per heavy atom. The van der Waals surface area contributed by atoms with Gasteiger partial charge in [-0.25, -0.2) is 0 Å². The fourth-order valence-electron chi connectivity index (χ4n) is 6.28. The van der Waals surface area contributed by atoms with E-state index in [1.807, 2.05) is 56.3 Å². The van der Waals surface area contributed by atoms with Crippen molar-refractivity contribution < 1.29 is 14.4 Å². The van der Waals surface area contributed by atoms with Gasteiger partial charge in [0, 0.05) is 34.6 Å². The van der Waals surface area contributed by atoms with Gasteiger partial charge in [-0.3, -0.25) is 14.4 Å². The highest BCUT2D eigenvalue weighted by Gasteiger charge is 2.49. The molecule has 1 fully saturated rings.